The molecule has 0 aliphatic heterocycles. The first-order valence-electron chi connectivity index (χ1n) is 9.28. The summed E-state index contributed by atoms with van der Waals surface area (Å²) in [4.78, 5) is 25.0. The summed E-state index contributed by atoms with van der Waals surface area (Å²) < 4.78 is 2.21. The average Bonchev–Trinajstić information content (AvgIpc) is 3.43. The molecule has 5 rings (SSSR count). The number of fused-ring (bicyclic) bond motifs is 3. The smallest absolute Gasteiger partial charge is 0.170 e. The van der Waals surface area contributed by atoms with E-state index in [4.69, 9.17) is 10.2 Å². The number of nitrogens with one attached hydrogen (secondary N) is 1. The van der Waals surface area contributed by atoms with Crippen molar-refractivity contribution in [3.8, 4) is 6.07 Å². The van der Waals surface area contributed by atoms with Gasteiger partial charge in [0.2, 0.25) is 0 Å². The molecule has 1 aliphatic carbocycles. The fraction of sp³-hybridized carbons (Fsp3) is 0.300. The summed E-state index contributed by atoms with van der Waals surface area (Å²) in [6.07, 6.45) is 12.6. The standard InChI is InChI=1S/C20H18N8/c1-12-4-13(7-24-18-11-23-14(6-21)8-25-18)5-16(12)20-27-10-15-9-26-19-17(28(15)20)2-3-22-19/h2-3,7-13,16,22H,4-5H2,1H3/t12-,13?,16+/m1/s1. The van der Waals surface area contributed by atoms with Gasteiger partial charge in [-0.25, -0.2) is 24.9 Å². The van der Waals surface area contributed by atoms with Gasteiger partial charge in [0.05, 0.1) is 35.8 Å². The molecule has 0 spiro atoms. The molecule has 8 nitrogen and oxygen atoms in total. The maximum absolute atomic E-state index is 8.80. The number of nitriles is 1. The zero-order chi connectivity index (χ0) is 19.1. The van der Waals surface area contributed by atoms with Gasteiger partial charge in [-0.1, -0.05) is 6.92 Å². The van der Waals surface area contributed by atoms with Gasteiger partial charge < -0.3 is 4.98 Å². The van der Waals surface area contributed by atoms with Gasteiger partial charge in [0.25, 0.3) is 0 Å². The molecular formula is C20H18N8. The summed E-state index contributed by atoms with van der Waals surface area (Å²) in [7, 11) is 0. The molecule has 1 saturated carbocycles. The molecule has 138 valence electrons. The molecule has 8 heteroatoms. The zero-order valence-corrected chi connectivity index (χ0v) is 15.3. The number of hydrogen-bond donors (Lipinski definition) is 1. The highest BCUT2D eigenvalue weighted by molar-refractivity contribution is 5.75. The van der Waals surface area contributed by atoms with E-state index in [1.807, 2.05) is 36.9 Å². The van der Waals surface area contributed by atoms with Crippen LogP contribution >= 0.6 is 0 Å². The molecular weight excluding hydrogens is 352 g/mol. The molecule has 1 unspecified atom stereocenters. The Morgan fingerprint density at radius 3 is 2.89 bits per heavy atom. The number of H-pyrrole nitrogens is 1. The largest absolute Gasteiger partial charge is 0.345 e. The minimum Gasteiger partial charge on any atom is -0.345 e. The van der Waals surface area contributed by atoms with E-state index < -0.39 is 0 Å². The van der Waals surface area contributed by atoms with Gasteiger partial charge in [-0.15, -0.1) is 0 Å². The number of rotatable bonds is 3. The Bertz CT molecular complexity index is 1210. The SMILES string of the molecule is C[C@@H]1CC(C=Nc2cnc(C#N)cn2)C[C@@H]1c1ncc2cnc3[nH]ccc3n12. The van der Waals surface area contributed by atoms with Gasteiger partial charge in [-0.3, -0.25) is 4.40 Å². The van der Waals surface area contributed by atoms with Crippen LogP contribution in [-0.4, -0.2) is 35.5 Å². The lowest BCUT2D eigenvalue weighted by Gasteiger charge is -2.14. The number of aromatic nitrogens is 6. The highest BCUT2D eigenvalue weighted by Crippen LogP contribution is 2.42. The minimum atomic E-state index is 0.297. The molecule has 4 heterocycles. The van der Waals surface area contributed by atoms with E-state index in [1.54, 1.807) is 0 Å². The third-order valence-corrected chi connectivity index (χ3v) is 5.51. The fourth-order valence-electron chi connectivity index (χ4n) is 4.17. The quantitative estimate of drug-likeness (QED) is 0.556. The van der Waals surface area contributed by atoms with Crippen LogP contribution in [0.25, 0.3) is 16.7 Å². The van der Waals surface area contributed by atoms with Gasteiger partial charge in [0.1, 0.15) is 11.9 Å². The summed E-state index contributed by atoms with van der Waals surface area (Å²) in [5, 5.41) is 8.80. The van der Waals surface area contributed by atoms with Gasteiger partial charge in [-0.2, -0.15) is 5.26 Å². The summed E-state index contributed by atoms with van der Waals surface area (Å²) in [6, 6.07) is 4.01. The third kappa shape index (κ3) is 2.72. The van der Waals surface area contributed by atoms with Gasteiger partial charge in [0.15, 0.2) is 17.2 Å². The molecule has 0 bridgehead atoms. The molecule has 0 aromatic carbocycles. The highest BCUT2D eigenvalue weighted by atomic mass is 15.1. The Morgan fingerprint density at radius 1 is 1.18 bits per heavy atom. The van der Waals surface area contributed by atoms with E-state index in [9.17, 15) is 0 Å². The first-order chi connectivity index (χ1) is 13.7. The molecule has 0 amide bonds. The predicted molar refractivity (Wildman–Crippen MR) is 104 cm³/mol. The molecule has 4 aromatic heterocycles. The molecule has 1 aliphatic rings. The Morgan fingerprint density at radius 2 is 2.07 bits per heavy atom. The van der Waals surface area contributed by atoms with Crippen molar-refractivity contribution in [2.24, 2.45) is 16.8 Å². The summed E-state index contributed by atoms with van der Waals surface area (Å²) in [6.45, 7) is 2.27. The number of imidazole rings is 1. The predicted octanol–water partition coefficient (Wildman–Crippen LogP) is 3.40. The summed E-state index contributed by atoms with van der Waals surface area (Å²) in [5.41, 5.74) is 3.24. The Balaban J connectivity index is 1.41. The van der Waals surface area contributed by atoms with E-state index in [-0.39, 0.29) is 0 Å². The van der Waals surface area contributed by atoms with E-state index in [0.717, 1.165) is 35.3 Å². The monoisotopic (exact) mass is 370 g/mol. The second-order valence-electron chi connectivity index (χ2n) is 7.31. The van der Waals surface area contributed by atoms with E-state index in [2.05, 4.69) is 36.3 Å². The van der Waals surface area contributed by atoms with Crippen LogP contribution < -0.4 is 0 Å². The number of hydrogen-bond acceptors (Lipinski definition) is 6. The lowest BCUT2D eigenvalue weighted by Crippen LogP contribution is -2.07. The summed E-state index contributed by atoms with van der Waals surface area (Å²) >= 11 is 0. The maximum Gasteiger partial charge on any atom is 0.170 e. The molecule has 3 atom stereocenters. The van der Waals surface area contributed by atoms with Crippen LogP contribution in [0.1, 0.15) is 37.2 Å². The highest BCUT2D eigenvalue weighted by Gasteiger charge is 2.34. The van der Waals surface area contributed by atoms with E-state index >= 15 is 0 Å². The third-order valence-electron chi connectivity index (χ3n) is 5.51. The van der Waals surface area contributed by atoms with E-state index in [1.165, 1.54) is 12.4 Å². The number of aromatic amines is 1. The number of aliphatic imine (C=N–C) groups is 1. The second kappa shape index (κ2) is 6.53. The first-order valence-corrected chi connectivity index (χ1v) is 9.28. The van der Waals surface area contributed by atoms with Crippen LogP contribution in [0, 0.1) is 23.2 Å². The average molecular weight is 370 g/mol. The Kier molecular flexibility index (Phi) is 3.86. The van der Waals surface area contributed by atoms with Crippen molar-refractivity contribution in [2.45, 2.75) is 25.7 Å². The molecule has 28 heavy (non-hydrogen) atoms. The normalized spacial score (nSPS) is 22.4. The van der Waals surface area contributed by atoms with Gasteiger partial charge in [-0.05, 0) is 30.7 Å². The van der Waals surface area contributed by atoms with Crippen LogP contribution in [0.2, 0.25) is 0 Å². The van der Waals surface area contributed by atoms with Crippen molar-refractivity contribution in [1.82, 2.24) is 29.3 Å². The van der Waals surface area contributed by atoms with Crippen LogP contribution in [-0.2, 0) is 0 Å². The number of nitrogens with zero attached hydrogens (tertiary/aromatic N) is 7. The van der Waals surface area contributed by atoms with Crippen molar-refractivity contribution in [1.29, 1.82) is 5.26 Å². The molecule has 0 saturated heterocycles. The Hall–Kier alpha value is -3.60. The van der Waals surface area contributed by atoms with Crippen LogP contribution in [0.3, 0.4) is 0 Å². The molecule has 4 aromatic rings. The first kappa shape index (κ1) is 16.6. The van der Waals surface area contributed by atoms with Crippen LogP contribution in [0.4, 0.5) is 5.82 Å². The molecule has 1 N–H and O–H groups in total. The van der Waals surface area contributed by atoms with Crippen LogP contribution in [0.15, 0.2) is 42.0 Å². The van der Waals surface area contributed by atoms with Gasteiger partial charge >= 0.3 is 0 Å². The Labute approximate surface area is 161 Å². The van der Waals surface area contributed by atoms with Crippen molar-refractivity contribution in [3.63, 3.8) is 0 Å². The molecule has 0 radical (unpaired) electrons. The lowest BCUT2D eigenvalue weighted by atomic mass is 9.97. The zero-order valence-electron chi connectivity index (χ0n) is 15.3. The fourth-order valence-corrected chi connectivity index (χ4v) is 4.17. The second-order valence-corrected chi connectivity index (χ2v) is 7.31. The van der Waals surface area contributed by atoms with E-state index in [0.29, 0.717) is 29.3 Å². The lowest BCUT2D eigenvalue weighted by molar-refractivity contribution is 0.509. The minimum absolute atomic E-state index is 0.297. The molecule has 1 fully saturated rings. The maximum atomic E-state index is 8.80. The van der Waals surface area contributed by atoms with Crippen molar-refractivity contribution in [3.05, 3.63) is 48.6 Å². The topological polar surface area (TPSA) is 108 Å². The summed E-state index contributed by atoms with van der Waals surface area (Å²) in [5.74, 6) is 2.82. The van der Waals surface area contributed by atoms with Crippen molar-refractivity contribution in [2.75, 3.05) is 0 Å². The van der Waals surface area contributed by atoms with Crippen molar-refractivity contribution < 1.29 is 0 Å². The van der Waals surface area contributed by atoms with Crippen LogP contribution in [0.5, 0.6) is 0 Å². The van der Waals surface area contributed by atoms with Gasteiger partial charge in [0, 0.05) is 18.3 Å². The van der Waals surface area contributed by atoms with Crippen molar-refractivity contribution >= 4 is 28.7 Å².